The zero-order valence-corrected chi connectivity index (χ0v) is 13.5. The van der Waals surface area contributed by atoms with Crippen LogP contribution in [-0.2, 0) is 7.05 Å². The summed E-state index contributed by atoms with van der Waals surface area (Å²) in [7, 11) is 5.59. The van der Waals surface area contributed by atoms with Gasteiger partial charge >= 0.3 is 0 Å². The van der Waals surface area contributed by atoms with E-state index in [4.69, 9.17) is 4.74 Å². The van der Waals surface area contributed by atoms with E-state index >= 15 is 0 Å². The number of carbonyl (C=O) groups is 1. The van der Waals surface area contributed by atoms with Crippen LogP contribution in [0.3, 0.4) is 0 Å². The van der Waals surface area contributed by atoms with E-state index < -0.39 is 0 Å². The molecule has 1 aliphatic rings. The normalized spacial score (nSPS) is 17.3. The zero-order valence-electron chi connectivity index (χ0n) is 13.5. The number of anilines is 1. The number of ether oxygens (including phenoxy) is 1. The molecule has 0 aromatic carbocycles. The Morgan fingerprint density at radius 3 is 2.91 bits per heavy atom. The summed E-state index contributed by atoms with van der Waals surface area (Å²) in [5.74, 6) is 1.30. The predicted molar refractivity (Wildman–Crippen MR) is 84.5 cm³/mol. The molecule has 0 N–H and O–H groups in total. The number of likely N-dealkylation sites (tertiary alicyclic amines) is 1. The van der Waals surface area contributed by atoms with Crippen LogP contribution in [0.25, 0.3) is 0 Å². The lowest BCUT2D eigenvalue weighted by Crippen LogP contribution is -2.32. The van der Waals surface area contributed by atoms with Gasteiger partial charge in [-0.2, -0.15) is 5.10 Å². The molecular formula is C15H20N6O2. The highest BCUT2D eigenvalue weighted by Gasteiger charge is 2.29. The van der Waals surface area contributed by atoms with Gasteiger partial charge in [0.15, 0.2) is 0 Å². The van der Waals surface area contributed by atoms with E-state index in [0.29, 0.717) is 24.7 Å². The van der Waals surface area contributed by atoms with Gasteiger partial charge in [-0.25, -0.2) is 9.97 Å². The third-order valence-corrected chi connectivity index (χ3v) is 3.85. The van der Waals surface area contributed by atoms with Crippen LogP contribution in [-0.4, -0.2) is 63.8 Å². The molecule has 0 aliphatic carbocycles. The second-order valence-corrected chi connectivity index (χ2v) is 5.73. The van der Waals surface area contributed by atoms with Gasteiger partial charge in [0.1, 0.15) is 23.9 Å². The van der Waals surface area contributed by atoms with E-state index in [-0.39, 0.29) is 12.0 Å². The van der Waals surface area contributed by atoms with Crippen LogP contribution < -0.4 is 9.64 Å². The fourth-order valence-corrected chi connectivity index (χ4v) is 2.56. The van der Waals surface area contributed by atoms with Crippen molar-refractivity contribution in [1.82, 2.24) is 24.6 Å². The van der Waals surface area contributed by atoms with Crippen molar-refractivity contribution in [3.8, 4) is 5.88 Å². The van der Waals surface area contributed by atoms with E-state index in [2.05, 4.69) is 15.1 Å². The van der Waals surface area contributed by atoms with Crippen molar-refractivity contribution in [2.24, 2.45) is 7.05 Å². The average molecular weight is 316 g/mol. The molecule has 3 heterocycles. The van der Waals surface area contributed by atoms with Crippen molar-refractivity contribution in [2.45, 2.75) is 12.5 Å². The molecule has 0 radical (unpaired) electrons. The molecule has 8 heteroatoms. The molecule has 3 rings (SSSR count). The number of aromatic nitrogens is 4. The number of amides is 1. The lowest BCUT2D eigenvalue weighted by molar-refractivity contribution is 0.0760. The fourth-order valence-electron chi connectivity index (χ4n) is 2.56. The Labute approximate surface area is 134 Å². The molecule has 1 aliphatic heterocycles. The Bertz CT molecular complexity index is 699. The van der Waals surface area contributed by atoms with Crippen LogP contribution in [0.4, 0.5) is 5.82 Å². The van der Waals surface area contributed by atoms with Gasteiger partial charge in [0, 0.05) is 46.4 Å². The molecule has 1 fully saturated rings. The number of aryl methyl sites for hydroxylation is 1. The second-order valence-electron chi connectivity index (χ2n) is 5.73. The minimum Gasteiger partial charge on any atom is -0.472 e. The number of hydrogen-bond donors (Lipinski definition) is 0. The summed E-state index contributed by atoms with van der Waals surface area (Å²) in [5, 5.41) is 4.04. The molecule has 1 atom stereocenters. The van der Waals surface area contributed by atoms with E-state index in [0.717, 1.165) is 12.2 Å². The highest BCUT2D eigenvalue weighted by Crippen LogP contribution is 2.20. The summed E-state index contributed by atoms with van der Waals surface area (Å²) >= 11 is 0. The average Bonchev–Trinajstić information content (AvgIpc) is 3.16. The molecular weight excluding hydrogens is 296 g/mol. The zero-order chi connectivity index (χ0) is 16.4. The first-order chi connectivity index (χ1) is 11.0. The maximum atomic E-state index is 12.4. The molecule has 0 spiro atoms. The smallest absolute Gasteiger partial charge is 0.272 e. The van der Waals surface area contributed by atoms with Crippen molar-refractivity contribution in [1.29, 1.82) is 0 Å². The highest BCUT2D eigenvalue weighted by atomic mass is 16.5. The molecule has 1 unspecified atom stereocenters. The van der Waals surface area contributed by atoms with Crippen molar-refractivity contribution in [3.05, 3.63) is 30.4 Å². The van der Waals surface area contributed by atoms with Gasteiger partial charge in [0.25, 0.3) is 5.91 Å². The highest BCUT2D eigenvalue weighted by molar-refractivity contribution is 5.92. The van der Waals surface area contributed by atoms with Crippen LogP contribution in [0.5, 0.6) is 5.88 Å². The Kier molecular flexibility index (Phi) is 4.14. The first-order valence-electron chi connectivity index (χ1n) is 7.48. The summed E-state index contributed by atoms with van der Waals surface area (Å²) in [4.78, 5) is 24.4. The number of hydrogen-bond acceptors (Lipinski definition) is 6. The second kappa shape index (κ2) is 6.23. The van der Waals surface area contributed by atoms with Crippen LogP contribution in [0.2, 0.25) is 0 Å². The fraction of sp³-hybridized carbons (Fsp3) is 0.467. The van der Waals surface area contributed by atoms with Gasteiger partial charge in [0.2, 0.25) is 5.88 Å². The lowest BCUT2D eigenvalue weighted by atomic mass is 10.3. The Morgan fingerprint density at radius 1 is 1.39 bits per heavy atom. The quantitative estimate of drug-likeness (QED) is 0.821. The summed E-state index contributed by atoms with van der Waals surface area (Å²) in [6.45, 7) is 1.21. The van der Waals surface area contributed by atoms with Gasteiger partial charge in [-0.15, -0.1) is 0 Å². The third-order valence-electron chi connectivity index (χ3n) is 3.85. The van der Waals surface area contributed by atoms with E-state index in [9.17, 15) is 4.79 Å². The standard InChI is InChI=1S/C15H20N6O2/c1-19(2)13-8-14(17-10-16-13)23-11-5-7-21(9-11)15(22)12-4-6-18-20(12)3/h4,6,8,10-11H,5,7,9H2,1-3H3. The van der Waals surface area contributed by atoms with Crippen molar-refractivity contribution in [2.75, 3.05) is 32.1 Å². The molecule has 23 heavy (non-hydrogen) atoms. The van der Waals surface area contributed by atoms with Gasteiger partial charge in [-0.3, -0.25) is 9.48 Å². The summed E-state index contributed by atoms with van der Waals surface area (Å²) < 4.78 is 7.49. The van der Waals surface area contributed by atoms with Crippen molar-refractivity contribution in [3.63, 3.8) is 0 Å². The first kappa shape index (κ1) is 15.3. The summed E-state index contributed by atoms with van der Waals surface area (Å²) in [6.07, 6.45) is 3.83. The van der Waals surface area contributed by atoms with Gasteiger partial charge < -0.3 is 14.5 Å². The van der Waals surface area contributed by atoms with Crippen LogP contribution >= 0.6 is 0 Å². The van der Waals surface area contributed by atoms with Crippen molar-refractivity contribution >= 4 is 11.7 Å². The van der Waals surface area contributed by atoms with Gasteiger partial charge in [-0.1, -0.05) is 0 Å². The summed E-state index contributed by atoms with van der Waals surface area (Å²) in [5.41, 5.74) is 0.586. The minimum atomic E-state index is -0.0583. The SMILES string of the molecule is CN(C)c1cc(OC2CCN(C(=O)c3ccnn3C)C2)ncn1. The largest absolute Gasteiger partial charge is 0.472 e. The Morgan fingerprint density at radius 2 is 2.22 bits per heavy atom. The first-order valence-corrected chi connectivity index (χ1v) is 7.48. The van der Waals surface area contributed by atoms with Crippen LogP contribution in [0.1, 0.15) is 16.9 Å². The minimum absolute atomic E-state index is 0.0206. The number of rotatable bonds is 4. The molecule has 8 nitrogen and oxygen atoms in total. The van der Waals surface area contributed by atoms with Gasteiger partial charge in [-0.05, 0) is 6.07 Å². The number of carbonyl (C=O) groups excluding carboxylic acids is 1. The molecule has 0 bridgehead atoms. The van der Waals surface area contributed by atoms with Crippen molar-refractivity contribution < 1.29 is 9.53 Å². The maximum Gasteiger partial charge on any atom is 0.272 e. The summed E-state index contributed by atoms with van der Waals surface area (Å²) in [6, 6.07) is 3.52. The van der Waals surface area contributed by atoms with E-state index in [1.165, 1.54) is 6.33 Å². The monoisotopic (exact) mass is 316 g/mol. The molecule has 2 aromatic heterocycles. The molecule has 0 saturated carbocycles. The van der Waals surface area contributed by atoms with Crippen LogP contribution in [0, 0.1) is 0 Å². The molecule has 122 valence electrons. The Balaban J connectivity index is 1.63. The predicted octanol–water partition coefficient (Wildman–Crippen LogP) is 0.570. The molecule has 2 aromatic rings. The lowest BCUT2D eigenvalue weighted by Gasteiger charge is -2.17. The van der Waals surface area contributed by atoms with E-state index in [1.807, 2.05) is 19.0 Å². The van der Waals surface area contributed by atoms with E-state index in [1.54, 1.807) is 35.0 Å². The third kappa shape index (κ3) is 3.25. The maximum absolute atomic E-state index is 12.4. The Hall–Kier alpha value is -2.64. The molecule has 1 saturated heterocycles. The molecule has 1 amide bonds. The van der Waals surface area contributed by atoms with Gasteiger partial charge in [0.05, 0.1) is 6.54 Å². The number of nitrogens with zero attached hydrogens (tertiary/aromatic N) is 6. The van der Waals surface area contributed by atoms with Crippen LogP contribution in [0.15, 0.2) is 24.7 Å². The topological polar surface area (TPSA) is 76.4 Å².